The lowest BCUT2D eigenvalue weighted by Gasteiger charge is -2.20. The van der Waals surface area contributed by atoms with Crippen molar-refractivity contribution in [1.82, 2.24) is 10.1 Å². The molecule has 1 aliphatic rings. The van der Waals surface area contributed by atoms with Crippen molar-refractivity contribution in [1.29, 1.82) is 0 Å². The van der Waals surface area contributed by atoms with E-state index in [9.17, 15) is 14.4 Å². The van der Waals surface area contributed by atoms with Gasteiger partial charge in [0.2, 0.25) is 5.91 Å². The fourth-order valence-electron chi connectivity index (χ4n) is 2.31. The zero-order chi connectivity index (χ0) is 17.5. The summed E-state index contributed by atoms with van der Waals surface area (Å²) in [7, 11) is 0. The molecule has 24 heavy (non-hydrogen) atoms. The summed E-state index contributed by atoms with van der Waals surface area (Å²) in [6, 6.07) is 1.60. The lowest BCUT2D eigenvalue weighted by molar-refractivity contribution is -0.156. The van der Waals surface area contributed by atoms with Crippen LogP contribution in [0, 0.1) is 6.92 Å². The molecule has 0 saturated carbocycles. The number of nitrogens with zero attached hydrogens (tertiary/aromatic N) is 2. The molecule has 0 radical (unpaired) electrons. The first-order valence-corrected chi connectivity index (χ1v) is 8.90. The highest BCUT2D eigenvalue weighted by Crippen LogP contribution is 2.12. The first-order valence-electron chi connectivity index (χ1n) is 7.75. The highest BCUT2D eigenvalue weighted by molar-refractivity contribution is 8.00. The molecule has 9 heteroatoms. The van der Waals surface area contributed by atoms with E-state index in [2.05, 4.69) is 10.5 Å². The van der Waals surface area contributed by atoms with Crippen LogP contribution < -0.4 is 5.32 Å². The van der Waals surface area contributed by atoms with Crippen LogP contribution in [0.15, 0.2) is 10.6 Å². The molecule has 1 N–H and O–H groups in total. The van der Waals surface area contributed by atoms with Crippen LogP contribution in [0.1, 0.15) is 25.5 Å². The highest BCUT2D eigenvalue weighted by Gasteiger charge is 2.25. The summed E-state index contributed by atoms with van der Waals surface area (Å²) in [5, 5.41) is 6.20. The number of aryl methyl sites for hydroxylation is 1. The number of amides is 2. The maximum Gasteiger partial charge on any atom is 0.316 e. The Morgan fingerprint density at radius 3 is 2.71 bits per heavy atom. The smallest absolute Gasteiger partial charge is 0.316 e. The van der Waals surface area contributed by atoms with E-state index in [1.54, 1.807) is 24.8 Å². The van der Waals surface area contributed by atoms with Crippen molar-refractivity contribution in [2.24, 2.45) is 0 Å². The summed E-state index contributed by atoms with van der Waals surface area (Å²) >= 11 is 1.11. The van der Waals surface area contributed by atoms with Crippen molar-refractivity contribution >= 4 is 35.4 Å². The number of carbonyl (C=O) groups is 3. The molecule has 0 aliphatic carbocycles. The lowest BCUT2D eigenvalue weighted by atomic mass is 10.3. The molecule has 8 nitrogen and oxygen atoms in total. The van der Waals surface area contributed by atoms with Gasteiger partial charge in [-0.15, -0.1) is 11.8 Å². The van der Waals surface area contributed by atoms with E-state index < -0.39 is 12.1 Å². The number of carbonyl (C=O) groups excluding carboxylic acids is 3. The molecule has 1 aliphatic heterocycles. The molecule has 1 aromatic heterocycles. The minimum Gasteiger partial charge on any atom is -0.452 e. The number of likely N-dealkylation sites (tertiary alicyclic amines) is 1. The minimum absolute atomic E-state index is 0.00286. The molecule has 1 atom stereocenters. The molecular weight excluding hydrogens is 334 g/mol. The van der Waals surface area contributed by atoms with Crippen LogP contribution in [0.5, 0.6) is 0 Å². The Balaban J connectivity index is 1.63. The van der Waals surface area contributed by atoms with E-state index in [0.717, 1.165) is 37.7 Å². The van der Waals surface area contributed by atoms with Crippen molar-refractivity contribution in [2.45, 2.75) is 32.8 Å². The Morgan fingerprint density at radius 1 is 1.38 bits per heavy atom. The molecule has 1 fully saturated rings. The van der Waals surface area contributed by atoms with Gasteiger partial charge in [-0.25, -0.2) is 0 Å². The Labute approximate surface area is 144 Å². The van der Waals surface area contributed by atoms with Crippen LogP contribution in [0.3, 0.4) is 0 Å². The standard InChI is InChI=1S/C15H21N3O5S/c1-10-7-12(17-23-10)16-13(19)8-24-9-14(20)22-11(2)15(21)18-5-3-4-6-18/h7,11H,3-6,8-9H2,1-2H3,(H,16,17,19)/t11-/m0/s1. The molecule has 1 saturated heterocycles. The average Bonchev–Trinajstić information content (AvgIpc) is 3.18. The minimum atomic E-state index is -0.789. The summed E-state index contributed by atoms with van der Waals surface area (Å²) in [4.78, 5) is 37.2. The van der Waals surface area contributed by atoms with Crippen LogP contribution in [0.2, 0.25) is 0 Å². The Hall–Kier alpha value is -2.03. The molecule has 0 bridgehead atoms. The third kappa shape index (κ3) is 5.55. The molecular formula is C15H21N3O5S. The quantitative estimate of drug-likeness (QED) is 0.733. The monoisotopic (exact) mass is 355 g/mol. The third-order valence-electron chi connectivity index (χ3n) is 3.42. The number of anilines is 1. The number of aromatic nitrogens is 1. The Morgan fingerprint density at radius 2 is 2.08 bits per heavy atom. The van der Waals surface area contributed by atoms with Gasteiger partial charge in [-0.05, 0) is 26.7 Å². The Bertz CT molecular complexity index is 598. The van der Waals surface area contributed by atoms with Gasteiger partial charge >= 0.3 is 5.97 Å². The molecule has 0 unspecified atom stereocenters. The van der Waals surface area contributed by atoms with E-state index in [4.69, 9.17) is 9.26 Å². The van der Waals surface area contributed by atoms with Gasteiger partial charge in [0.15, 0.2) is 11.9 Å². The van der Waals surface area contributed by atoms with Gasteiger partial charge in [0.05, 0.1) is 11.5 Å². The summed E-state index contributed by atoms with van der Waals surface area (Å²) < 4.78 is 9.95. The second kappa shape index (κ2) is 8.72. The lowest BCUT2D eigenvalue weighted by Crippen LogP contribution is -2.38. The summed E-state index contributed by atoms with van der Waals surface area (Å²) in [6.45, 7) is 4.73. The third-order valence-corrected chi connectivity index (χ3v) is 4.33. The fourth-order valence-corrected chi connectivity index (χ4v) is 2.90. The predicted octanol–water partition coefficient (Wildman–Crippen LogP) is 1.21. The molecule has 2 heterocycles. The number of hydrogen-bond acceptors (Lipinski definition) is 7. The van der Waals surface area contributed by atoms with E-state index in [1.807, 2.05) is 0 Å². The van der Waals surface area contributed by atoms with E-state index in [0.29, 0.717) is 11.6 Å². The molecule has 0 spiro atoms. The molecule has 2 amide bonds. The maximum absolute atomic E-state index is 12.0. The number of esters is 1. The zero-order valence-corrected chi connectivity index (χ0v) is 14.6. The topological polar surface area (TPSA) is 102 Å². The summed E-state index contributed by atoms with van der Waals surface area (Å²) in [5.41, 5.74) is 0. The van der Waals surface area contributed by atoms with E-state index in [-0.39, 0.29) is 23.3 Å². The first kappa shape index (κ1) is 18.3. The van der Waals surface area contributed by atoms with Crippen molar-refractivity contribution in [3.8, 4) is 0 Å². The number of rotatable bonds is 7. The molecule has 1 aromatic rings. The van der Waals surface area contributed by atoms with Crippen LogP contribution in [-0.2, 0) is 19.1 Å². The van der Waals surface area contributed by atoms with Crippen molar-refractivity contribution < 1.29 is 23.6 Å². The summed E-state index contributed by atoms with van der Waals surface area (Å²) in [6.07, 6.45) is 1.19. The van der Waals surface area contributed by atoms with Crippen LogP contribution in [-0.4, -0.2) is 58.5 Å². The van der Waals surface area contributed by atoms with Crippen LogP contribution in [0.4, 0.5) is 5.82 Å². The number of ether oxygens (including phenoxy) is 1. The highest BCUT2D eigenvalue weighted by atomic mass is 32.2. The first-order chi connectivity index (χ1) is 11.5. The number of nitrogens with one attached hydrogen (secondary N) is 1. The van der Waals surface area contributed by atoms with Gasteiger partial charge in [-0.2, -0.15) is 0 Å². The van der Waals surface area contributed by atoms with Gasteiger partial charge < -0.3 is 19.5 Å². The largest absolute Gasteiger partial charge is 0.452 e. The average molecular weight is 355 g/mol. The van der Waals surface area contributed by atoms with Crippen LogP contribution >= 0.6 is 11.8 Å². The number of hydrogen-bond donors (Lipinski definition) is 1. The zero-order valence-electron chi connectivity index (χ0n) is 13.7. The van der Waals surface area contributed by atoms with Crippen molar-refractivity contribution in [3.63, 3.8) is 0 Å². The Kier molecular flexibility index (Phi) is 6.65. The predicted molar refractivity (Wildman–Crippen MR) is 88.6 cm³/mol. The van der Waals surface area contributed by atoms with Gasteiger partial charge in [0.1, 0.15) is 5.76 Å². The molecule has 2 rings (SSSR count). The number of thioether (sulfide) groups is 1. The maximum atomic E-state index is 12.0. The molecule has 132 valence electrons. The normalized spacial score (nSPS) is 15.2. The second-order valence-electron chi connectivity index (χ2n) is 5.53. The molecule has 0 aromatic carbocycles. The summed E-state index contributed by atoms with van der Waals surface area (Å²) in [5.74, 6) is 0.0549. The van der Waals surface area contributed by atoms with Crippen molar-refractivity contribution in [2.75, 3.05) is 29.9 Å². The van der Waals surface area contributed by atoms with Crippen LogP contribution in [0.25, 0.3) is 0 Å². The van der Waals surface area contributed by atoms with E-state index >= 15 is 0 Å². The second-order valence-corrected chi connectivity index (χ2v) is 6.51. The van der Waals surface area contributed by atoms with Crippen molar-refractivity contribution in [3.05, 3.63) is 11.8 Å². The van der Waals surface area contributed by atoms with Gasteiger partial charge in [0, 0.05) is 19.2 Å². The van der Waals surface area contributed by atoms with Gasteiger partial charge in [-0.1, -0.05) is 5.16 Å². The van der Waals surface area contributed by atoms with Gasteiger partial charge in [0.25, 0.3) is 5.91 Å². The van der Waals surface area contributed by atoms with Gasteiger partial charge in [-0.3, -0.25) is 14.4 Å². The van der Waals surface area contributed by atoms with E-state index in [1.165, 1.54) is 0 Å². The SMILES string of the molecule is Cc1cc(NC(=O)CSCC(=O)O[C@@H](C)C(=O)N2CCCC2)no1. The fraction of sp³-hybridized carbons (Fsp3) is 0.600.